The van der Waals surface area contributed by atoms with Crippen molar-refractivity contribution in [3.05, 3.63) is 12.2 Å². The zero-order valence-electron chi connectivity index (χ0n) is 6.36. The minimum atomic E-state index is 0.0830. The molecule has 0 fully saturated rings. The Morgan fingerprint density at radius 3 is 3.18 bits per heavy atom. The van der Waals surface area contributed by atoms with Crippen molar-refractivity contribution in [2.45, 2.75) is 19.3 Å². The van der Waals surface area contributed by atoms with Crippen LogP contribution in [0.1, 0.15) is 19.3 Å². The second-order valence-corrected chi connectivity index (χ2v) is 2.83. The van der Waals surface area contributed by atoms with E-state index in [2.05, 4.69) is 12.1 Å². The van der Waals surface area contributed by atoms with Gasteiger partial charge in [-0.3, -0.25) is 0 Å². The molecule has 0 saturated heterocycles. The quantitative estimate of drug-likeness (QED) is 0.442. The maximum atomic E-state index is 10.5. The highest BCUT2D eigenvalue weighted by molar-refractivity contribution is 5.55. The Kier molecular flexibility index (Phi) is 2.85. The number of nitrogens with zero attached hydrogens (tertiary/aromatic N) is 1. The number of carbonyl (C=O) groups excluding carboxylic acids is 1. The summed E-state index contributed by atoms with van der Waals surface area (Å²) in [6, 6.07) is 2.09. The van der Waals surface area contributed by atoms with Crippen molar-refractivity contribution in [3.63, 3.8) is 0 Å². The molecule has 0 aromatic rings. The van der Waals surface area contributed by atoms with Crippen molar-refractivity contribution < 1.29 is 4.79 Å². The molecule has 0 N–H and O–H groups in total. The molecule has 0 aromatic carbocycles. The molecule has 0 saturated carbocycles. The zero-order chi connectivity index (χ0) is 8.10. The smallest absolute Gasteiger partial charge is 0.123 e. The third-order valence-corrected chi connectivity index (χ3v) is 2.10. The Balaban J connectivity index is 2.58. The fourth-order valence-electron chi connectivity index (χ4n) is 1.41. The van der Waals surface area contributed by atoms with Gasteiger partial charge >= 0.3 is 0 Å². The number of nitriles is 1. The van der Waals surface area contributed by atoms with Gasteiger partial charge in [-0.05, 0) is 18.8 Å². The van der Waals surface area contributed by atoms with E-state index in [1.54, 1.807) is 0 Å². The van der Waals surface area contributed by atoms with E-state index in [1.807, 2.05) is 6.08 Å². The molecule has 0 spiro atoms. The number of carbonyl (C=O) groups is 1. The van der Waals surface area contributed by atoms with E-state index in [0.717, 1.165) is 19.1 Å². The number of rotatable bonds is 2. The summed E-state index contributed by atoms with van der Waals surface area (Å²) in [5.74, 6) is 0.255. The summed E-state index contributed by atoms with van der Waals surface area (Å²) in [6.07, 6.45) is 7.39. The first kappa shape index (κ1) is 8.00. The minimum Gasteiger partial charge on any atom is -0.303 e. The molecule has 0 heterocycles. The molecule has 2 nitrogen and oxygen atoms in total. The summed E-state index contributed by atoms with van der Waals surface area (Å²) in [5, 5.41) is 8.43. The standard InChI is InChI=1S/C9H11NO/c10-6-5-8-3-1-2-4-9(8)7-11/h1,3,7-9H,2,4-5H2. The molecule has 1 aliphatic rings. The van der Waals surface area contributed by atoms with Crippen LogP contribution in [0.3, 0.4) is 0 Å². The highest BCUT2D eigenvalue weighted by Crippen LogP contribution is 2.24. The number of hydrogen-bond donors (Lipinski definition) is 0. The molecule has 2 unspecified atom stereocenters. The molecule has 0 radical (unpaired) electrons. The van der Waals surface area contributed by atoms with Crippen LogP contribution in [-0.2, 0) is 4.79 Å². The van der Waals surface area contributed by atoms with E-state index in [1.165, 1.54) is 0 Å². The van der Waals surface area contributed by atoms with Gasteiger partial charge in [0.2, 0.25) is 0 Å². The largest absolute Gasteiger partial charge is 0.303 e. The van der Waals surface area contributed by atoms with Crippen LogP contribution in [0.25, 0.3) is 0 Å². The van der Waals surface area contributed by atoms with Crippen LogP contribution in [-0.4, -0.2) is 6.29 Å². The molecule has 2 heteroatoms. The Labute approximate surface area is 66.5 Å². The number of aldehydes is 1. The highest BCUT2D eigenvalue weighted by atomic mass is 16.1. The van der Waals surface area contributed by atoms with Gasteiger partial charge in [0.1, 0.15) is 6.29 Å². The monoisotopic (exact) mass is 149 g/mol. The Morgan fingerprint density at radius 2 is 2.55 bits per heavy atom. The Bertz CT molecular complexity index is 202. The zero-order valence-corrected chi connectivity index (χ0v) is 6.36. The summed E-state index contributed by atoms with van der Waals surface area (Å²) in [6.45, 7) is 0. The summed E-state index contributed by atoms with van der Waals surface area (Å²) >= 11 is 0. The van der Waals surface area contributed by atoms with Gasteiger partial charge in [-0.15, -0.1) is 0 Å². The maximum Gasteiger partial charge on any atom is 0.123 e. The molecular formula is C9H11NO. The third kappa shape index (κ3) is 1.91. The first-order valence-electron chi connectivity index (χ1n) is 3.87. The van der Waals surface area contributed by atoms with Crippen molar-refractivity contribution in [2.75, 3.05) is 0 Å². The summed E-state index contributed by atoms with van der Waals surface area (Å²) in [4.78, 5) is 10.5. The lowest BCUT2D eigenvalue weighted by atomic mass is 9.83. The minimum absolute atomic E-state index is 0.0830. The highest BCUT2D eigenvalue weighted by Gasteiger charge is 2.20. The van der Waals surface area contributed by atoms with E-state index in [-0.39, 0.29) is 11.8 Å². The van der Waals surface area contributed by atoms with Crippen molar-refractivity contribution in [2.24, 2.45) is 11.8 Å². The Hall–Kier alpha value is -1.10. The summed E-state index contributed by atoms with van der Waals surface area (Å²) < 4.78 is 0. The molecule has 1 aliphatic carbocycles. The molecule has 0 aromatic heterocycles. The van der Waals surface area contributed by atoms with Gasteiger partial charge in [-0.2, -0.15) is 5.26 Å². The van der Waals surface area contributed by atoms with E-state index in [4.69, 9.17) is 5.26 Å². The van der Waals surface area contributed by atoms with Gasteiger partial charge in [0.25, 0.3) is 0 Å². The van der Waals surface area contributed by atoms with Crippen molar-refractivity contribution in [3.8, 4) is 6.07 Å². The van der Waals surface area contributed by atoms with Crippen LogP contribution in [0, 0.1) is 23.2 Å². The predicted octanol–water partition coefficient (Wildman–Crippen LogP) is 1.68. The van der Waals surface area contributed by atoms with Gasteiger partial charge in [-0.25, -0.2) is 0 Å². The van der Waals surface area contributed by atoms with Gasteiger partial charge in [0, 0.05) is 12.3 Å². The summed E-state index contributed by atoms with van der Waals surface area (Å²) in [5.41, 5.74) is 0. The van der Waals surface area contributed by atoms with Crippen LogP contribution in [0.5, 0.6) is 0 Å². The first-order valence-corrected chi connectivity index (χ1v) is 3.87. The molecule has 11 heavy (non-hydrogen) atoms. The van der Waals surface area contributed by atoms with Crippen molar-refractivity contribution >= 4 is 6.29 Å². The average Bonchev–Trinajstić information content (AvgIpc) is 2.06. The average molecular weight is 149 g/mol. The fraction of sp³-hybridized carbons (Fsp3) is 0.556. The predicted molar refractivity (Wildman–Crippen MR) is 41.6 cm³/mol. The van der Waals surface area contributed by atoms with E-state index >= 15 is 0 Å². The number of allylic oxidation sites excluding steroid dienone is 2. The SMILES string of the molecule is N#CCC1C=CCCC1C=O. The molecule has 0 bridgehead atoms. The number of hydrogen-bond acceptors (Lipinski definition) is 2. The molecule has 0 aliphatic heterocycles. The van der Waals surface area contributed by atoms with Crippen molar-refractivity contribution in [1.29, 1.82) is 5.26 Å². The van der Waals surface area contributed by atoms with Crippen LogP contribution < -0.4 is 0 Å². The van der Waals surface area contributed by atoms with Crippen LogP contribution in [0.2, 0.25) is 0 Å². The molecule has 2 atom stereocenters. The second kappa shape index (κ2) is 3.92. The molecular weight excluding hydrogens is 138 g/mol. The molecule has 1 rings (SSSR count). The van der Waals surface area contributed by atoms with E-state index in [0.29, 0.717) is 6.42 Å². The van der Waals surface area contributed by atoms with E-state index < -0.39 is 0 Å². The van der Waals surface area contributed by atoms with Gasteiger partial charge in [0.05, 0.1) is 6.07 Å². The topological polar surface area (TPSA) is 40.9 Å². The lowest BCUT2D eigenvalue weighted by molar-refractivity contribution is -0.112. The molecule has 58 valence electrons. The van der Waals surface area contributed by atoms with Gasteiger partial charge in [0.15, 0.2) is 0 Å². The van der Waals surface area contributed by atoms with Crippen LogP contribution >= 0.6 is 0 Å². The lowest BCUT2D eigenvalue weighted by Gasteiger charge is -2.19. The van der Waals surface area contributed by atoms with Crippen molar-refractivity contribution in [1.82, 2.24) is 0 Å². The Morgan fingerprint density at radius 1 is 1.73 bits per heavy atom. The van der Waals surface area contributed by atoms with Crippen LogP contribution in [0.4, 0.5) is 0 Å². The van der Waals surface area contributed by atoms with Gasteiger partial charge < -0.3 is 4.79 Å². The first-order chi connectivity index (χ1) is 5.38. The molecule has 0 amide bonds. The normalized spacial score (nSPS) is 29.4. The van der Waals surface area contributed by atoms with E-state index in [9.17, 15) is 4.79 Å². The maximum absolute atomic E-state index is 10.5. The second-order valence-electron chi connectivity index (χ2n) is 2.83. The van der Waals surface area contributed by atoms with Crippen LogP contribution in [0.15, 0.2) is 12.2 Å². The summed E-state index contributed by atoms with van der Waals surface area (Å²) in [7, 11) is 0. The van der Waals surface area contributed by atoms with Gasteiger partial charge in [-0.1, -0.05) is 12.2 Å². The third-order valence-electron chi connectivity index (χ3n) is 2.10. The lowest BCUT2D eigenvalue weighted by Crippen LogP contribution is -2.16. The fourth-order valence-corrected chi connectivity index (χ4v) is 1.41.